The van der Waals surface area contributed by atoms with E-state index in [9.17, 15) is 49.7 Å². The molecular weight excluding hydrogens is 564 g/mol. The number of fused-ring (bicyclic) bond motifs is 1. The fourth-order valence-corrected chi connectivity index (χ4v) is 5.85. The minimum Gasteiger partial charge on any atom is -0.743 e. The number of esters is 4. The third-order valence-corrected chi connectivity index (χ3v) is 8.33. The third-order valence-electron chi connectivity index (χ3n) is 7.40. The van der Waals surface area contributed by atoms with E-state index in [4.69, 9.17) is 18.9 Å². The number of carbonyl (C=O) groups is 4. The fourth-order valence-electron chi connectivity index (χ4n) is 5.38. The molecule has 1 aliphatic carbocycles. The summed E-state index contributed by atoms with van der Waals surface area (Å²) >= 11 is 0. The van der Waals surface area contributed by atoms with Gasteiger partial charge >= 0.3 is 35.1 Å². The van der Waals surface area contributed by atoms with E-state index in [1.165, 1.54) is 0 Å². The molecule has 0 radical (unpaired) electrons. The Morgan fingerprint density at radius 3 is 2.28 bits per heavy atom. The summed E-state index contributed by atoms with van der Waals surface area (Å²) in [5.74, 6) is -11.0. The van der Waals surface area contributed by atoms with Gasteiger partial charge in [-0.3, -0.25) is 19.2 Å². The van der Waals surface area contributed by atoms with Gasteiger partial charge in [-0.15, -0.1) is 0 Å². The first kappa shape index (κ1) is 29.5. The zero-order valence-electron chi connectivity index (χ0n) is 20.4. The van der Waals surface area contributed by atoms with Crippen molar-refractivity contribution in [1.82, 2.24) is 0 Å². The SMILES string of the molecule is CC1(OC(=O)C2C3OC4C(OC(=O)C42)C3OC(=O)CCC(=O)OCCC(F)(F)C(F)(F)S(=O)(=O)[O-])CCCC1. The molecule has 0 aromatic rings. The molecule has 2 bridgehead atoms. The van der Waals surface area contributed by atoms with E-state index < -0.39 is 113 Å². The van der Waals surface area contributed by atoms with Gasteiger partial charge in [0.05, 0.1) is 25.9 Å². The Hall–Kier alpha value is -2.53. The molecule has 4 fully saturated rings. The normalized spacial score (nSPS) is 31.2. The van der Waals surface area contributed by atoms with E-state index >= 15 is 0 Å². The Morgan fingerprint density at radius 2 is 1.67 bits per heavy atom. The summed E-state index contributed by atoms with van der Waals surface area (Å²) in [6, 6.07) is 0. The lowest BCUT2D eigenvalue weighted by Gasteiger charge is -2.31. The lowest BCUT2D eigenvalue weighted by molar-refractivity contribution is -0.175. The zero-order chi connectivity index (χ0) is 29.0. The second kappa shape index (κ2) is 10.1. The second-order valence-electron chi connectivity index (χ2n) is 10.2. The monoisotopic (exact) mass is 589 g/mol. The van der Waals surface area contributed by atoms with E-state index in [0.29, 0.717) is 12.8 Å². The van der Waals surface area contributed by atoms with Crippen LogP contribution in [0.1, 0.15) is 51.9 Å². The van der Waals surface area contributed by atoms with Crippen LogP contribution >= 0.6 is 0 Å². The number of hydrogen-bond donors (Lipinski definition) is 0. The Kier molecular flexibility index (Phi) is 7.66. The van der Waals surface area contributed by atoms with Crippen LogP contribution < -0.4 is 0 Å². The summed E-state index contributed by atoms with van der Waals surface area (Å²) in [6.07, 6.45) is -4.32. The molecule has 6 unspecified atom stereocenters. The van der Waals surface area contributed by atoms with E-state index in [-0.39, 0.29) is 0 Å². The quantitative estimate of drug-likeness (QED) is 0.146. The molecule has 4 rings (SSSR count). The van der Waals surface area contributed by atoms with Gasteiger partial charge in [0.25, 0.3) is 0 Å². The smallest absolute Gasteiger partial charge is 0.396 e. The molecule has 0 aromatic carbocycles. The van der Waals surface area contributed by atoms with Crippen molar-refractivity contribution in [2.24, 2.45) is 11.8 Å². The number of rotatable bonds is 11. The number of carbonyl (C=O) groups excluding carboxylic acids is 4. The molecule has 3 aliphatic heterocycles. The average molecular weight is 589 g/mol. The molecule has 0 aromatic heterocycles. The maximum atomic E-state index is 13.4. The van der Waals surface area contributed by atoms with Crippen LogP contribution in [0.4, 0.5) is 17.6 Å². The first-order valence-corrected chi connectivity index (χ1v) is 13.5. The number of alkyl halides is 4. The van der Waals surface area contributed by atoms with Crippen molar-refractivity contribution in [1.29, 1.82) is 0 Å². The topological polar surface area (TPSA) is 172 Å². The van der Waals surface area contributed by atoms with Gasteiger partial charge in [-0.25, -0.2) is 8.42 Å². The predicted molar refractivity (Wildman–Crippen MR) is 113 cm³/mol. The van der Waals surface area contributed by atoms with Crippen LogP contribution in [0.3, 0.4) is 0 Å². The summed E-state index contributed by atoms with van der Waals surface area (Å²) in [7, 11) is -6.68. The van der Waals surface area contributed by atoms with Crippen LogP contribution in [-0.4, -0.2) is 84.6 Å². The summed E-state index contributed by atoms with van der Waals surface area (Å²) in [5, 5.41) is -5.92. The standard InChI is InChI=1S/C22H26F4O12S/c1-20(6-2-3-7-20)38-19(30)13-12-14-17(37-18(12)29)16(15(13)36-14)35-11(28)5-4-10(27)34-9-8-21(23,24)22(25,26)39(31,32)33/h12-17H,2-9H2,1H3,(H,31,32,33)/p-1. The van der Waals surface area contributed by atoms with E-state index in [0.717, 1.165) is 12.8 Å². The van der Waals surface area contributed by atoms with Crippen LogP contribution in [0.2, 0.25) is 0 Å². The highest BCUT2D eigenvalue weighted by Crippen LogP contribution is 2.52. The number of hydrogen-bond acceptors (Lipinski definition) is 12. The number of ether oxygens (including phenoxy) is 5. The van der Waals surface area contributed by atoms with E-state index in [2.05, 4.69) is 4.74 Å². The molecule has 3 saturated heterocycles. The highest BCUT2D eigenvalue weighted by atomic mass is 32.2. The summed E-state index contributed by atoms with van der Waals surface area (Å²) in [5.41, 5.74) is -0.684. The molecule has 0 amide bonds. The van der Waals surface area contributed by atoms with E-state index in [1.807, 2.05) is 0 Å². The lowest BCUT2D eigenvalue weighted by atomic mass is 9.78. The fraction of sp³-hybridized carbons (Fsp3) is 0.818. The van der Waals surface area contributed by atoms with Crippen molar-refractivity contribution >= 4 is 34.0 Å². The molecule has 1 saturated carbocycles. The van der Waals surface area contributed by atoms with Crippen LogP contribution in [0.5, 0.6) is 0 Å². The van der Waals surface area contributed by atoms with Crippen molar-refractivity contribution in [3.8, 4) is 0 Å². The highest BCUT2D eigenvalue weighted by molar-refractivity contribution is 7.86. The summed E-state index contributed by atoms with van der Waals surface area (Å²) in [6.45, 7) is 0.422. The lowest BCUT2D eigenvalue weighted by Crippen LogP contribution is -2.49. The van der Waals surface area contributed by atoms with Gasteiger partial charge < -0.3 is 28.2 Å². The maximum Gasteiger partial charge on any atom is 0.396 e. The highest BCUT2D eigenvalue weighted by Gasteiger charge is 2.72. The molecule has 17 heteroatoms. The van der Waals surface area contributed by atoms with Crippen LogP contribution in [-0.2, 0) is 53.0 Å². The van der Waals surface area contributed by atoms with Gasteiger partial charge in [-0.1, -0.05) is 0 Å². The molecule has 0 spiro atoms. The summed E-state index contributed by atoms with van der Waals surface area (Å²) in [4.78, 5) is 49.5. The summed E-state index contributed by atoms with van der Waals surface area (Å²) < 4.78 is 110. The van der Waals surface area contributed by atoms with Gasteiger partial charge in [-0.2, -0.15) is 17.6 Å². The molecule has 220 valence electrons. The van der Waals surface area contributed by atoms with Crippen molar-refractivity contribution in [3.05, 3.63) is 0 Å². The molecule has 3 heterocycles. The molecular formula is C22H25F4O12S-. The van der Waals surface area contributed by atoms with Gasteiger partial charge in [0.1, 0.15) is 29.6 Å². The van der Waals surface area contributed by atoms with Gasteiger partial charge in [0.15, 0.2) is 22.3 Å². The first-order chi connectivity index (χ1) is 18.0. The van der Waals surface area contributed by atoms with Gasteiger partial charge in [0.2, 0.25) is 0 Å². The minimum absolute atomic E-state index is 0.657. The van der Waals surface area contributed by atoms with E-state index in [1.54, 1.807) is 6.92 Å². The van der Waals surface area contributed by atoms with Gasteiger partial charge in [-0.05, 0) is 32.6 Å². The Balaban J connectivity index is 1.28. The molecule has 12 nitrogen and oxygen atoms in total. The van der Waals surface area contributed by atoms with Crippen LogP contribution in [0, 0.1) is 11.8 Å². The molecule has 6 atom stereocenters. The van der Waals surface area contributed by atoms with Crippen molar-refractivity contribution in [2.75, 3.05) is 6.61 Å². The van der Waals surface area contributed by atoms with Crippen molar-refractivity contribution in [2.45, 2.75) is 93.1 Å². The first-order valence-electron chi connectivity index (χ1n) is 12.1. The van der Waals surface area contributed by atoms with Crippen LogP contribution in [0.25, 0.3) is 0 Å². The Bertz CT molecular complexity index is 1140. The third kappa shape index (κ3) is 5.44. The van der Waals surface area contributed by atoms with Crippen molar-refractivity contribution < 1.29 is 73.4 Å². The van der Waals surface area contributed by atoms with Crippen LogP contribution in [0.15, 0.2) is 0 Å². The van der Waals surface area contributed by atoms with Gasteiger partial charge in [0, 0.05) is 0 Å². The minimum atomic E-state index is -6.68. The number of halogens is 4. The Morgan fingerprint density at radius 1 is 1.05 bits per heavy atom. The zero-order valence-corrected chi connectivity index (χ0v) is 21.3. The average Bonchev–Trinajstić information content (AvgIpc) is 3.54. The second-order valence-corrected chi connectivity index (χ2v) is 11.6. The van der Waals surface area contributed by atoms with Crippen molar-refractivity contribution in [3.63, 3.8) is 0 Å². The molecule has 4 aliphatic rings. The molecule has 39 heavy (non-hydrogen) atoms. The molecule has 0 N–H and O–H groups in total. The maximum absolute atomic E-state index is 13.4. The predicted octanol–water partition coefficient (Wildman–Crippen LogP) is 1.20. The largest absolute Gasteiger partial charge is 0.743 e. The Labute approximate surface area is 219 Å².